The van der Waals surface area contributed by atoms with Gasteiger partial charge in [0.1, 0.15) is 6.04 Å². The normalized spacial score (nSPS) is 11.5. The van der Waals surface area contributed by atoms with Crippen LogP contribution in [0.1, 0.15) is 23.7 Å². The molecule has 0 saturated carbocycles. The van der Waals surface area contributed by atoms with Crippen molar-refractivity contribution >= 4 is 11.8 Å². The van der Waals surface area contributed by atoms with E-state index in [9.17, 15) is 9.59 Å². The average molecular weight is 387 g/mol. The molecule has 148 valence electrons. The summed E-state index contributed by atoms with van der Waals surface area (Å²) in [5, 5.41) is 2.95. The minimum Gasteiger partial charge on any atom is -0.349 e. The molecule has 1 N–H and O–H groups in total. The summed E-state index contributed by atoms with van der Waals surface area (Å²) in [6.45, 7) is 2.21. The number of aromatic nitrogens is 1. The maximum atomic E-state index is 13.1. The highest BCUT2D eigenvalue weighted by Gasteiger charge is 2.28. The van der Waals surface area contributed by atoms with Gasteiger partial charge in [-0.05, 0) is 23.3 Å². The maximum absolute atomic E-state index is 13.1. The highest BCUT2D eigenvalue weighted by Crippen LogP contribution is 2.14. The Morgan fingerprint density at radius 1 is 0.897 bits per heavy atom. The number of nitrogens with zero attached hydrogens (tertiary/aromatic N) is 2. The first-order chi connectivity index (χ1) is 14.1. The third kappa shape index (κ3) is 6.01. The zero-order valence-corrected chi connectivity index (χ0v) is 16.5. The number of nitrogens with one attached hydrogen (secondary N) is 1. The van der Waals surface area contributed by atoms with Crippen LogP contribution in [0, 0.1) is 0 Å². The number of carbonyl (C=O) groups excluding carboxylic acids is 2. The maximum Gasteiger partial charge on any atom is 0.243 e. The number of hydrogen-bond acceptors (Lipinski definition) is 3. The molecule has 0 unspecified atom stereocenters. The van der Waals surface area contributed by atoms with Crippen molar-refractivity contribution in [2.45, 2.75) is 32.5 Å². The summed E-state index contributed by atoms with van der Waals surface area (Å²) in [5.74, 6) is -0.326. The van der Waals surface area contributed by atoms with Crippen molar-refractivity contribution in [1.82, 2.24) is 15.2 Å². The lowest BCUT2D eigenvalue weighted by Gasteiger charge is -2.30. The van der Waals surface area contributed by atoms with E-state index >= 15 is 0 Å². The fourth-order valence-corrected chi connectivity index (χ4v) is 3.20. The zero-order chi connectivity index (χ0) is 20.5. The minimum atomic E-state index is -0.612. The summed E-state index contributed by atoms with van der Waals surface area (Å²) in [6, 6.07) is 24.4. The van der Waals surface area contributed by atoms with Crippen LogP contribution in [0.3, 0.4) is 0 Å². The summed E-state index contributed by atoms with van der Waals surface area (Å²) >= 11 is 0. The number of hydrogen-bond donors (Lipinski definition) is 1. The highest BCUT2D eigenvalue weighted by atomic mass is 16.2. The molecule has 0 radical (unpaired) electrons. The Kier molecular flexibility index (Phi) is 7.11. The van der Waals surface area contributed by atoms with Gasteiger partial charge in [-0.1, -0.05) is 66.7 Å². The molecule has 0 bridgehead atoms. The Hall–Kier alpha value is -3.47. The fraction of sp³-hybridized carbons (Fsp3) is 0.208. The van der Waals surface area contributed by atoms with E-state index in [1.165, 1.54) is 6.92 Å². The van der Waals surface area contributed by atoms with Gasteiger partial charge in [0.25, 0.3) is 0 Å². The van der Waals surface area contributed by atoms with Crippen molar-refractivity contribution in [2.24, 2.45) is 0 Å². The van der Waals surface area contributed by atoms with Crippen LogP contribution >= 0.6 is 0 Å². The summed E-state index contributed by atoms with van der Waals surface area (Å²) < 4.78 is 0. The molecule has 1 heterocycles. The lowest BCUT2D eigenvalue weighted by atomic mass is 10.0. The predicted molar refractivity (Wildman–Crippen MR) is 113 cm³/mol. The van der Waals surface area contributed by atoms with Gasteiger partial charge in [-0.2, -0.15) is 0 Å². The van der Waals surface area contributed by atoms with Gasteiger partial charge in [-0.25, -0.2) is 0 Å². The van der Waals surface area contributed by atoms with Crippen molar-refractivity contribution in [3.8, 4) is 0 Å². The van der Waals surface area contributed by atoms with Crippen molar-refractivity contribution in [3.63, 3.8) is 0 Å². The van der Waals surface area contributed by atoms with E-state index in [-0.39, 0.29) is 11.8 Å². The van der Waals surface area contributed by atoms with Gasteiger partial charge in [0, 0.05) is 26.1 Å². The molecule has 0 aliphatic heterocycles. The number of benzene rings is 2. The number of pyridine rings is 1. The molecule has 3 aromatic rings. The van der Waals surface area contributed by atoms with Crippen LogP contribution in [0.4, 0.5) is 0 Å². The van der Waals surface area contributed by atoms with E-state index in [2.05, 4.69) is 10.3 Å². The van der Waals surface area contributed by atoms with Gasteiger partial charge in [-0.3, -0.25) is 14.6 Å². The zero-order valence-electron chi connectivity index (χ0n) is 16.5. The molecule has 1 aromatic heterocycles. The number of rotatable bonds is 8. The molecule has 2 aromatic carbocycles. The van der Waals surface area contributed by atoms with Crippen LogP contribution in [-0.4, -0.2) is 27.7 Å². The van der Waals surface area contributed by atoms with Gasteiger partial charge < -0.3 is 10.2 Å². The Labute approximate surface area is 171 Å². The Morgan fingerprint density at radius 2 is 1.52 bits per heavy atom. The van der Waals surface area contributed by atoms with E-state index in [1.54, 1.807) is 11.1 Å². The first-order valence-corrected chi connectivity index (χ1v) is 9.66. The van der Waals surface area contributed by atoms with E-state index in [1.807, 2.05) is 78.9 Å². The lowest BCUT2D eigenvalue weighted by molar-refractivity contribution is -0.139. The molecule has 0 fully saturated rings. The average Bonchev–Trinajstić information content (AvgIpc) is 2.76. The van der Waals surface area contributed by atoms with Gasteiger partial charge in [0.15, 0.2) is 0 Å². The lowest BCUT2D eigenvalue weighted by Crippen LogP contribution is -2.49. The van der Waals surface area contributed by atoms with Gasteiger partial charge in [0.2, 0.25) is 11.8 Å². The molecular weight excluding hydrogens is 362 g/mol. The molecule has 5 heteroatoms. The third-order valence-corrected chi connectivity index (χ3v) is 4.72. The van der Waals surface area contributed by atoms with E-state index in [4.69, 9.17) is 0 Å². The summed E-state index contributed by atoms with van der Waals surface area (Å²) in [7, 11) is 0. The number of amides is 2. The first kappa shape index (κ1) is 20.3. The molecule has 5 nitrogen and oxygen atoms in total. The van der Waals surface area contributed by atoms with Crippen LogP contribution in [0.25, 0.3) is 0 Å². The molecule has 2 amide bonds. The van der Waals surface area contributed by atoms with Crippen LogP contribution in [0.5, 0.6) is 0 Å². The van der Waals surface area contributed by atoms with Crippen LogP contribution in [-0.2, 0) is 29.1 Å². The van der Waals surface area contributed by atoms with E-state index in [0.717, 1.165) is 16.8 Å². The second-order valence-electron chi connectivity index (χ2n) is 6.88. The summed E-state index contributed by atoms with van der Waals surface area (Å²) in [4.78, 5) is 31.5. The molecule has 3 rings (SSSR count). The Morgan fingerprint density at radius 3 is 2.10 bits per heavy atom. The molecule has 29 heavy (non-hydrogen) atoms. The van der Waals surface area contributed by atoms with Gasteiger partial charge in [0.05, 0.1) is 12.2 Å². The smallest absolute Gasteiger partial charge is 0.243 e. The van der Waals surface area contributed by atoms with E-state index in [0.29, 0.717) is 19.5 Å². The molecule has 1 atom stereocenters. The first-order valence-electron chi connectivity index (χ1n) is 9.66. The summed E-state index contributed by atoms with van der Waals surface area (Å²) in [6.07, 6.45) is 2.14. The second-order valence-corrected chi connectivity index (χ2v) is 6.88. The van der Waals surface area contributed by atoms with Crippen molar-refractivity contribution in [2.75, 3.05) is 0 Å². The third-order valence-electron chi connectivity index (χ3n) is 4.72. The Balaban J connectivity index is 1.81. The fourth-order valence-electron chi connectivity index (χ4n) is 3.20. The van der Waals surface area contributed by atoms with Crippen molar-refractivity contribution in [3.05, 3.63) is 102 Å². The quantitative estimate of drug-likeness (QED) is 0.645. The SMILES string of the molecule is CC(=O)N(Cc1ccccc1)[C@H](Cc1ccccc1)C(=O)NCc1ccccn1. The molecule has 0 aliphatic carbocycles. The molecular formula is C24H25N3O2. The van der Waals surface area contributed by atoms with Crippen molar-refractivity contribution in [1.29, 1.82) is 0 Å². The molecule has 0 saturated heterocycles. The molecule has 0 aliphatic rings. The summed E-state index contributed by atoms with van der Waals surface area (Å²) in [5.41, 5.74) is 2.76. The largest absolute Gasteiger partial charge is 0.349 e. The van der Waals surface area contributed by atoms with Gasteiger partial charge in [-0.15, -0.1) is 0 Å². The monoisotopic (exact) mass is 387 g/mol. The number of carbonyl (C=O) groups is 2. The molecule has 0 spiro atoms. The van der Waals surface area contributed by atoms with Crippen LogP contribution < -0.4 is 5.32 Å². The second kappa shape index (κ2) is 10.2. The standard InChI is InChI=1S/C24H25N3O2/c1-19(28)27(18-21-12-6-3-7-13-21)23(16-20-10-4-2-5-11-20)24(29)26-17-22-14-8-9-15-25-22/h2-15,23H,16-18H2,1H3,(H,26,29)/t23-/m1/s1. The van der Waals surface area contributed by atoms with Crippen LogP contribution in [0.15, 0.2) is 85.1 Å². The Bertz CT molecular complexity index is 915. The van der Waals surface area contributed by atoms with E-state index < -0.39 is 6.04 Å². The van der Waals surface area contributed by atoms with Crippen molar-refractivity contribution < 1.29 is 9.59 Å². The predicted octanol–water partition coefficient (Wildman–Crippen LogP) is 3.36. The van der Waals surface area contributed by atoms with Gasteiger partial charge >= 0.3 is 0 Å². The van der Waals surface area contributed by atoms with Crippen LogP contribution in [0.2, 0.25) is 0 Å². The topological polar surface area (TPSA) is 62.3 Å². The minimum absolute atomic E-state index is 0.136. The highest BCUT2D eigenvalue weighted by molar-refractivity contribution is 5.87.